The van der Waals surface area contributed by atoms with Crippen LogP contribution in [0.25, 0.3) is 23.0 Å². The lowest BCUT2D eigenvalue weighted by Gasteiger charge is -2.35. The van der Waals surface area contributed by atoms with Crippen molar-refractivity contribution in [2.24, 2.45) is 4.99 Å². The van der Waals surface area contributed by atoms with Crippen LogP contribution >= 0.6 is 23.4 Å². The number of aliphatic imine (C=N–C) groups is 1. The van der Waals surface area contributed by atoms with Gasteiger partial charge in [0.05, 0.1) is 22.8 Å². The Balaban J connectivity index is 1.31. The van der Waals surface area contributed by atoms with Crippen molar-refractivity contribution in [2.45, 2.75) is 32.7 Å². The zero-order valence-corrected chi connectivity index (χ0v) is 24.3. The molecular formula is C32H29ClN4O3S. The van der Waals surface area contributed by atoms with Gasteiger partial charge in [-0.25, -0.2) is 4.68 Å². The number of halogens is 1. The molecule has 0 bridgehead atoms. The minimum absolute atomic E-state index is 0.0771. The van der Waals surface area contributed by atoms with E-state index in [4.69, 9.17) is 26.2 Å². The molecule has 41 heavy (non-hydrogen) atoms. The normalized spacial score (nSPS) is 20.0. The van der Waals surface area contributed by atoms with Gasteiger partial charge < -0.3 is 14.4 Å². The number of hydrogen-bond donors (Lipinski definition) is 0. The first kappa shape index (κ1) is 27.3. The quantitative estimate of drug-likeness (QED) is 0.231. The van der Waals surface area contributed by atoms with Crippen LogP contribution < -0.4 is 4.74 Å². The van der Waals surface area contributed by atoms with Crippen LogP contribution in [0.4, 0.5) is 0 Å². The number of nitrogens with zero attached hydrogens (tertiary/aromatic N) is 4. The minimum atomic E-state index is -0.243. The summed E-state index contributed by atoms with van der Waals surface area (Å²) in [6.07, 6.45) is 3.98. The number of aromatic nitrogens is 2. The monoisotopic (exact) mass is 584 g/mol. The van der Waals surface area contributed by atoms with E-state index in [1.807, 2.05) is 110 Å². The lowest BCUT2D eigenvalue weighted by Crippen LogP contribution is -2.47. The molecule has 3 aromatic carbocycles. The number of rotatable bonds is 6. The largest absolute Gasteiger partial charge is 0.489 e. The number of benzene rings is 3. The summed E-state index contributed by atoms with van der Waals surface area (Å²) in [5.41, 5.74) is 4.25. The van der Waals surface area contributed by atoms with Crippen LogP contribution in [0.3, 0.4) is 0 Å². The third kappa shape index (κ3) is 6.25. The van der Waals surface area contributed by atoms with Crippen molar-refractivity contribution in [1.29, 1.82) is 0 Å². The summed E-state index contributed by atoms with van der Waals surface area (Å²) in [7, 11) is 0. The molecule has 0 radical (unpaired) electrons. The molecule has 2 aliphatic rings. The summed E-state index contributed by atoms with van der Waals surface area (Å²) < 4.78 is 13.8. The van der Waals surface area contributed by atoms with Crippen LogP contribution in [0.1, 0.15) is 25.0 Å². The first-order valence-electron chi connectivity index (χ1n) is 13.5. The zero-order valence-electron chi connectivity index (χ0n) is 22.7. The molecule has 3 heterocycles. The first-order chi connectivity index (χ1) is 19.9. The average Bonchev–Trinajstić information content (AvgIpc) is 3.56. The topological polar surface area (TPSA) is 69.0 Å². The molecule has 2 unspecified atom stereocenters. The Bertz CT molecular complexity index is 1620. The molecule has 2 atom stereocenters. The molecule has 1 aromatic heterocycles. The van der Waals surface area contributed by atoms with Crippen LogP contribution in [-0.4, -0.2) is 51.1 Å². The Morgan fingerprint density at radius 3 is 2.56 bits per heavy atom. The molecule has 0 saturated carbocycles. The number of carbonyl (C=O) groups excluding carboxylic acids is 1. The van der Waals surface area contributed by atoms with Gasteiger partial charge in [0.25, 0.3) is 5.91 Å². The number of ether oxygens (including phenoxy) is 2. The molecular weight excluding hydrogens is 556 g/mol. The maximum Gasteiger partial charge on any atom is 0.286 e. The lowest BCUT2D eigenvalue weighted by atomic mass is 10.1. The van der Waals surface area contributed by atoms with Crippen molar-refractivity contribution in [3.63, 3.8) is 0 Å². The second-order valence-electron chi connectivity index (χ2n) is 10.1. The van der Waals surface area contributed by atoms with Gasteiger partial charge in [0.2, 0.25) is 0 Å². The zero-order chi connectivity index (χ0) is 28.3. The highest BCUT2D eigenvalue weighted by Crippen LogP contribution is 2.35. The molecule has 1 saturated heterocycles. The van der Waals surface area contributed by atoms with Gasteiger partial charge >= 0.3 is 0 Å². The number of amides is 1. The molecule has 9 heteroatoms. The van der Waals surface area contributed by atoms with Gasteiger partial charge in [0, 0.05) is 41.0 Å². The standard InChI is InChI=1S/C32H29ClN4O3S/c1-21-17-36(18-22(2)40-21)32-34-31(38)29(41-32)16-25-19-37(26-11-4-3-5-12-26)35-30(25)23-10-8-13-27(15-23)39-20-24-9-6-7-14-28(24)33/h3-16,19,21-22H,17-18,20H2,1-2H3/b29-16-. The van der Waals surface area contributed by atoms with E-state index in [1.54, 1.807) is 0 Å². The number of amidine groups is 1. The van der Waals surface area contributed by atoms with E-state index in [0.717, 1.165) is 33.2 Å². The summed E-state index contributed by atoms with van der Waals surface area (Å²) in [6.45, 7) is 5.84. The molecule has 0 spiro atoms. The predicted molar refractivity (Wildman–Crippen MR) is 164 cm³/mol. The lowest BCUT2D eigenvalue weighted by molar-refractivity contribution is -0.113. The molecule has 0 aliphatic carbocycles. The van der Waals surface area contributed by atoms with Crippen molar-refractivity contribution in [3.8, 4) is 22.7 Å². The van der Waals surface area contributed by atoms with E-state index in [0.29, 0.717) is 35.4 Å². The van der Waals surface area contributed by atoms with Gasteiger partial charge in [-0.15, -0.1) is 0 Å². The molecule has 4 aromatic rings. The molecule has 1 fully saturated rings. The number of hydrogen-bond acceptors (Lipinski definition) is 6. The van der Waals surface area contributed by atoms with E-state index in [1.165, 1.54) is 11.8 Å². The highest BCUT2D eigenvalue weighted by atomic mass is 35.5. The molecule has 7 nitrogen and oxygen atoms in total. The summed E-state index contributed by atoms with van der Waals surface area (Å²) in [4.78, 5) is 20.1. The smallest absolute Gasteiger partial charge is 0.286 e. The van der Waals surface area contributed by atoms with Gasteiger partial charge in [-0.3, -0.25) is 4.79 Å². The summed E-state index contributed by atoms with van der Waals surface area (Å²) in [5.74, 6) is 0.454. The van der Waals surface area contributed by atoms with Crippen LogP contribution in [0.2, 0.25) is 5.02 Å². The highest BCUT2D eigenvalue weighted by molar-refractivity contribution is 8.18. The van der Waals surface area contributed by atoms with Crippen molar-refractivity contribution < 1.29 is 14.3 Å². The van der Waals surface area contributed by atoms with Crippen LogP contribution in [0, 0.1) is 0 Å². The number of para-hydroxylation sites is 1. The Morgan fingerprint density at radius 2 is 1.78 bits per heavy atom. The van der Waals surface area contributed by atoms with Crippen LogP contribution in [0.15, 0.2) is 95.0 Å². The molecule has 1 amide bonds. The predicted octanol–water partition coefficient (Wildman–Crippen LogP) is 6.85. The fraction of sp³-hybridized carbons (Fsp3) is 0.219. The Labute approximate surface area is 248 Å². The third-order valence-corrected chi connectivity index (χ3v) is 8.22. The fourth-order valence-electron chi connectivity index (χ4n) is 4.95. The SMILES string of the molecule is CC1CN(C2=NC(=O)/C(=C/c3cn(-c4ccccc4)nc3-c3cccc(OCc4ccccc4Cl)c3)S2)CC(C)O1. The number of thioether (sulfide) groups is 1. The number of carbonyl (C=O) groups is 1. The van der Waals surface area contributed by atoms with E-state index in [9.17, 15) is 4.79 Å². The van der Waals surface area contributed by atoms with Crippen LogP contribution in [-0.2, 0) is 16.1 Å². The first-order valence-corrected chi connectivity index (χ1v) is 14.7. The van der Waals surface area contributed by atoms with Crippen molar-refractivity contribution in [1.82, 2.24) is 14.7 Å². The Morgan fingerprint density at radius 1 is 1.02 bits per heavy atom. The highest BCUT2D eigenvalue weighted by Gasteiger charge is 2.31. The Kier molecular flexibility index (Phi) is 7.96. The maximum atomic E-state index is 13.0. The van der Waals surface area contributed by atoms with Crippen molar-refractivity contribution >= 4 is 40.5 Å². The fourth-order valence-corrected chi connectivity index (χ4v) is 6.06. The second-order valence-corrected chi connectivity index (χ2v) is 11.5. The van der Waals surface area contributed by atoms with E-state index in [-0.39, 0.29) is 18.1 Å². The van der Waals surface area contributed by atoms with E-state index in [2.05, 4.69) is 9.89 Å². The number of morpholine rings is 1. The second kappa shape index (κ2) is 11.9. The molecule has 6 rings (SSSR count). The molecule has 2 aliphatic heterocycles. The van der Waals surface area contributed by atoms with Crippen molar-refractivity contribution in [2.75, 3.05) is 13.1 Å². The van der Waals surface area contributed by atoms with E-state index >= 15 is 0 Å². The van der Waals surface area contributed by atoms with Crippen molar-refractivity contribution in [3.05, 3.63) is 106 Å². The average molecular weight is 585 g/mol. The van der Waals surface area contributed by atoms with Gasteiger partial charge in [-0.05, 0) is 62.0 Å². The Hall–Kier alpha value is -3.85. The van der Waals surface area contributed by atoms with Crippen LogP contribution in [0.5, 0.6) is 5.75 Å². The van der Waals surface area contributed by atoms with E-state index < -0.39 is 0 Å². The van der Waals surface area contributed by atoms with Gasteiger partial charge in [-0.2, -0.15) is 10.1 Å². The van der Waals surface area contributed by atoms with Gasteiger partial charge in [-0.1, -0.05) is 60.1 Å². The maximum absolute atomic E-state index is 13.0. The minimum Gasteiger partial charge on any atom is -0.489 e. The third-order valence-electron chi connectivity index (χ3n) is 6.81. The summed E-state index contributed by atoms with van der Waals surface area (Å²) in [6, 6.07) is 25.3. The van der Waals surface area contributed by atoms with Gasteiger partial charge in [0.15, 0.2) is 5.17 Å². The molecule has 0 N–H and O–H groups in total. The summed E-state index contributed by atoms with van der Waals surface area (Å²) in [5, 5.41) is 6.32. The summed E-state index contributed by atoms with van der Waals surface area (Å²) >= 11 is 7.72. The van der Waals surface area contributed by atoms with Gasteiger partial charge in [0.1, 0.15) is 18.1 Å². The molecule has 208 valence electrons.